The van der Waals surface area contributed by atoms with Crippen molar-refractivity contribution in [3.63, 3.8) is 0 Å². The number of amides is 1. The van der Waals surface area contributed by atoms with Crippen LogP contribution in [0.25, 0.3) is 0 Å². The minimum Gasteiger partial charge on any atom is -0.326 e. The molecule has 0 saturated heterocycles. The molecule has 1 aromatic carbocycles. The van der Waals surface area contributed by atoms with E-state index < -0.39 is 5.37 Å². The van der Waals surface area contributed by atoms with Crippen LogP contribution in [-0.4, -0.2) is 17.3 Å². The summed E-state index contributed by atoms with van der Waals surface area (Å²) < 4.78 is 0. The third-order valence-electron chi connectivity index (χ3n) is 2.21. The van der Waals surface area contributed by atoms with E-state index in [0.717, 1.165) is 5.56 Å². The maximum atomic E-state index is 10.9. The summed E-state index contributed by atoms with van der Waals surface area (Å²) in [5, 5.41) is 0.216. The van der Waals surface area contributed by atoms with Gasteiger partial charge < -0.3 is 4.90 Å². The Balaban J connectivity index is 2.84. The average Bonchev–Trinajstić information content (AvgIpc) is 2.16. The zero-order chi connectivity index (χ0) is 10.7. The molecular formula is C10H11Cl2NO. The normalized spacial score (nSPS) is 12.3. The molecule has 0 bridgehead atoms. The van der Waals surface area contributed by atoms with Crippen LogP contribution in [0.3, 0.4) is 0 Å². The van der Waals surface area contributed by atoms with E-state index in [2.05, 4.69) is 0 Å². The lowest BCUT2D eigenvalue weighted by molar-refractivity contribution is 0.218. The van der Waals surface area contributed by atoms with Gasteiger partial charge in [0.25, 0.3) is 0 Å². The van der Waals surface area contributed by atoms with Crippen LogP contribution in [0.4, 0.5) is 4.79 Å². The predicted molar refractivity (Wildman–Crippen MR) is 58.9 cm³/mol. The van der Waals surface area contributed by atoms with Crippen molar-refractivity contribution in [2.24, 2.45) is 0 Å². The Bertz CT molecular complexity index is 323. The number of nitrogens with zero attached hydrogens (tertiary/aromatic N) is 1. The highest BCUT2D eigenvalue weighted by Crippen LogP contribution is 2.21. The molecule has 1 unspecified atom stereocenters. The SMILES string of the molecule is CC(c1ccc(Cl)cc1)N(C)C(=O)Cl. The van der Waals surface area contributed by atoms with Crippen LogP contribution in [0.1, 0.15) is 18.5 Å². The summed E-state index contributed by atoms with van der Waals surface area (Å²) in [5.74, 6) is 0. The van der Waals surface area contributed by atoms with Crippen molar-refractivity contribution in [3.8, 4) is 0 Å². The van der Waals surface area contributed by atoms with Gasteiger partial charge in [-0.2, -0.15) is 0 Å². The second-order valence-corrected chi connectivity index (χ2v) is 3.85. The predicted octanol–water partition coefficient (Wildman–Crippen LogP) is 3.69. The molecule has 0 heterocycles. The highest BCUT2D eigenvalue weighted by molar-refractivity contribution is 6.62. The van der Waals surface area contributed by atoms with Gasteiger partial charge in [-0.25, -0.2) is 0 Å². The maximum Gasteiger partial charge on any atom is 0.316 e. The topological polar surface area (TPSA) is 20.3 Å². The van der Waals surface area contributed by atoms with Gasteiger partial charge in [0.15, 0.2) is 0 Å². The molecule has 1 amide bonds. The molecule has 0 aromatic heterocycles. The van der Waals surface area contributed by atoms with Crippen LogP contribution in [-0.2, 0) is 0 Å². The molecule has 0 aliphatic heterocycles. The quantitative estimate of drug-likeness (QED) is 0.562. The molecule has 76 valence electrons. The molecule has 1 aromatic rings. The Hall–Kier alpha value is -0.730. The molecule has 2 nitrogen and oxygen atoms in total. The zero-order valence-electron chi connectivity index (χ0n) is 8.00. The summed E-state index contributed by atoms with van der Waals surface area (Å²) in [5.41, 5.74) is 1.01. The molecule has 0 aliphatic carbocycles. The standard InChI is InChI=1S/C10H11Cl2NO/c1-7(13(2)10(12)14)8-3-5-9(11)6-4-8/h3-7H,1-2H3. The van der Waals surface area contributed by atoms with E-state index in [1.807, 2.05) is 19.1 Å². The Morgan fingerprint density at radius 2 is 1.86 bits per heavy atom. The minimum absolute atomic E-state index is 0.0442. The van der Waals surface area contributed by atoms with E-state index in [0.29, 0.717) is 5.02 Å². The van der Waals surface area contributed by atoms with Crippen LogP contribution < -0.4 is 0 Å². The molecule has 1 atom stereocenters. The van der Waals surface area contributed by atoms with Gasteiger partial charge in [0.1, 0.15) is 0 Å². The lowest BCUT2D eigenvalue weighted by Gasteiger charge is -2.22. The molecule has 4 heteroatoms. The van der Waals surface area contributed by atoms with Gasteiger partial charge in [0.05, 0.1) is 6.04 Å². The van der Waals surface area contributed by atoms with E-state index in [4.69, 9.17) is 23.2 Å². The number of carbonyl (C=O) groups excluding carboxylic acids is 1. The van der Waals surface area contributed by atoms with Crippen molar-refractivity contribution in [2.45, 2.75) is 13.0 Å². The molecule has 0 fully saturated rings. The second kappa shape index (κ2) is 4.67. The van der Waals surface area contributed by atoms with Gasteiger partial charge in [-0.05, 0) is 36.2 Å². The number of carbonyl (C=O) groups is 1. The number of benzene rings is 1. The number of halogens is 2. The van der Waals surface area contributed by atoms with E-state index in [-0.39, 0.29) is 6.04 Å². The first-order chi connectivity index (χ1) is 6.52. The summed E-state index contributed by atoms with van der Waals surface area (Å²) in [6.45, 7) is 1.91. The summed E-state index contributed by atoms with van der Waals surface area (Å²) in [4.78, 5) is 12.4. The van der Waals surface area contributed by atoms with Crippen molar-refractivity contribution in [1.29, 1.82) is 0 Å². The third kappa shape index (κ3) is 2.63. The third-order valence-corrected chi connectivity index (χ3v) is 2.73. The van der Waals surface area contributed by atoms with Gasteiger partial charge in [-0.3, -0.25) is 4.79 Å². The molecule has 1 rings (SSSR count). The highest BCUT2D eigenvalue weighted by atomic mass is 35.5. The Kier molecular flexibility index (Phi) is 3.78. The van der Waals surface area contributed by atoms with Gasteiger partial charge in [0.2, 0.25) is 0 Å². The Morgan fingerprint density at radius 1 is 1.36 bits per heavy atom. The maximum absolute atomic E-state index is 10.9. The molecular weight excluding hydrogens is 221 g/mol. The van der Waals surface area contributed by atoms with Gasteiger partial charge in [0, 0.05) is 12.1 Å². The van der Waals surface area contributed by atoms with Crippen molar-refractivity contribution >= 4 is 28.6 Å². The summed E-state index contributed by atoms with van der Waals surface area (Å²) in [7, 11) is 1.66. The first kappa shape index (κ1) is 11.3. The molecule has 0 spiro atoms. The fraction of sp³-hybridized carbons (Fsp3) is 0.300. The lowest BCUT2D eigenvalue weighted by atomic mass is 10.1. The van der Waals surface area contributed by atoms with Gasteiger partial charge in [-0.15, -0.1) is 0 Å². The Morgan fingerprint density at radius 3 is 2.29 bits per heavy atom. The van der Waals surface area contributed by atoms with E-state index >= 15 is 0 Å². The molecule has 14 heavy (non-hydrogen) atoms. The van der Waals surface area contributed by atoms with Crippen LogP contribution >= 0.6 is 23.2 Å². The summed E-state index contributed by atoms with van der Waals surface area (Å²) in [6, 6.07) is 7.30. The largest absolute Gasteiger partial charge is 0.326 e. The van der Waals surface area contributed by atoms with Crippen molar-refractivity contribution in [1.82, 2.24) is 4.90 Å². The van der Waals surface area contributed by atoms with Crippen LogP contribution in [0.5, 0.6) is 0 Å². The number of rotatable bonds is 2. The van der Waals surface area contributed by atoms with Crippen LogP contribution in [0.2, 0.25) is 5.02 Å². The van der Waals surface area contributed by atoms with E-state index in [1.165, 1.54) is 4.90 Å². The lowest BCUT2D eigenvalue weighted by Crippen LogP contribution is -2.24. The smallest absolute Gasteiger partial charge is 0.316 e. The van der Waals surface area contributed by atoms with Gasteiger partial charge in [-0.1, -0.05) is 23.7 Å². The zero-order valence-corrected chi connectivity index (χ0v) is 9.51. The fourth-order valence-corrected chi connectivity index (χ4v) is 1.39. The second-order valence-electron chi connectivity index (χ2n) is 3.09. The van der Waals surface area contributed by atoms with Crippen LogP contribution in [0.15, 0.2) is 24.3 Å². The average molecular weight is 232 g/mol. The van der Waals surface area contributed by atoms with Crippen molar-refractivity contribution in [3.05, 3.63) is 34.9 Å². The van der Waals surface area contributed by atoms with E-state index in [9.17, 15) is 4.79 Å². The molecule has 0 radical (unpaired) electrons. The molecule has 0 aliphatic rings. The Labute approximate surface area is 93.4 Å². The monoisotopic (exact) mass is 231 g/mol. The fourth-order valence-electron chi connectivity index (χ4n) is 1.12. The summed E-state index contributed by atoms with van der Waals surface area (Å²) in [6.07, 6.45) is 0. The first-order valence-corrected chi connectivity index (χ1v) is 4.95. The number of hydrogen-bond acceptors (Lipinski definition) is 1. The van der Waals surface area contributed by atoms with E-state index in [1.54, 1.807) is 19.2 Å². The number of hydrogen-bond donors (Lipinski definition) is 0. The molecule has 0 N–H and O–H groups in total. The minimum atomic E-state index is -0.465. The van der Waals surface area contributed by atoms with Crippen LogP contribution in [0, 0.1) is 0 Å². The van der Waals surface area contributed by atoms with Gasteiger partial charge >= 0.3 is 5.37 Å². The van der Waals surface area contributed by atoms with Crippen molar-refractivity contribution in [2.75, 3.05) is 7.05 Å². The summed E-state index contributed by atoms with van der Waals surface area (Å²) >= 11 is 11.1. The molecule has 0 saturated carbocycles. The van der Waals surface area contributed by atoms with Crippen molar-refractivity contribution < 1.29 is 4.79 Å². The highest BCUT2D eigenvalue weighted by Gasteiger charge is 2.14. The first-order valence-electron chi connectivity index (χ1n) is 4.20.